The third-order valence-corrected chi connectivity index (χ3v) is 4.01. The Bertz CT molecular complexity index is 551. The van der Waals surface area contributed by atoms with Gasteiger partial charge < -0.3 is 10.1 Å². The first-order valence-corrected chi connectivity index (χ1v) is 7.31. The van der Waals surface area contributed by atoms with Crippen LogP contribution in [-0.2, 0) is 6.42 Å². The van der Waals surface area contributed by atoms with Crippen molar-refractivity contribution >= 4 is 11.3 Å². The topological polar surface area (TPSA) is 21.3 Å². The highest BCUT2D eigenvalue weighted by molar-refractivity contribution is 7.10. The van der Waals surface area contributed by atoms with E-state index >= 15 is 0 Å². The summed E-state index contributed by atoms with van der Waals surface area (Å²) in [4.78, 5) is 1.09. The first-order chi connectivity index (χ1) is 9.62. The number of benzene rings is 1. The van der Waals surface area contributed by atoms with E-state index in [4.69, 9.17) is 4.74 Å². The van der Waals surface area contributed by atoms with Crippen molar-refractivity contribution < 1.29 is 13.5 Å². The van der Waals surface area contributed by atoms with Crippen molar-refractivity contribution in [3.05, 3.63) is 51.7 Å². The lowest BCUT2D eigenvalue weighted by Crippen LogP contribution is -2.22. The van der Waals surface area contributed by atoms with Crippen molar-refractivity contribution in [2.75, 3.05) is 13.7 Å². The molecule has 0 bridgehead atoms. The number of nitrogens with one attached hydrogen (secondary N) is 1. The number of methoxy groups -OCH3 is 1. The fourth-order valence-electron chi connectivity index (χ4n) is 2.11. The first-order valence-electron chi connectivity index (χ1n) is 6.43. The number of hydrogen-bond acceptors (Lipinski definition) is 3. The van der Waals surface area contributed by atoms with Gasteiger partial charge in [0.2, 0.25) is 0 Å². The average molecular weight is 297 g/mol. The van der Waals surface area contributed by atoms with E-state index in [1.54, 1.807) is 18.4 Å². The van der Waals surface area contributed by atoms with E-state index in [1.807, 2.05) is 18.4 Å². The number of rotatable bonds is 6. The number of ether oxygens (including phenoxy) is 1. The van der Waals surface area contributed by atoms with Crippen LogP contribution in [0.15, 0.2) is 29.6 Å². The Kier molecular flexibility index (Phi) is 5.09. The summed E-state index contributed by atoms with van der Waals surface area (Å²) < 4.78 is 31.7. The minimum Gasteiger partial charge on any atom is -0.496 e. The van der Waals surface area contributed by atoms with Gasteiger partial charge in [-0.1, -0.05) is 6.92 Å². The Morgan fingerprint density at radius 1 is 1.20 bits per heavy atom. The summed E-state index contributed by atoms with van der Waals surface area (Å²) in [5.74, 6) is -0.281. The van der Waals surface area contributed by atoms with Gasteiger partial charge in [0.15, 0.2) is 0 Å². The Morgan fingerprint density at radius 3 is 2.45 bits per heavy atom. The summed E-state index contributed by atoms with van der Waals surface area (Å²) in [6, 6.07) is 5.61. The van der Waals surface area contributed by atoms with Crippen LogP contribution in [0, 0.1) is 11.6 Å². The predicted molar refractivity (Wildman–Crippen MR) is 77.4 cm³/mol. The van der Waals surface area contributed by atoms with Crippen LogP contribution < -0.4 is 10.1 Å². The van der Waals surface area contributed by atoms with Gasteiger partial charge in [0.05, 0.1) is 7.11 Å². The van der Waals surface area contributed by atoms with Crippen LogP contribution in [0.1, 0.15) is 23.4 Å². The third kappa shape index (κ3) is 3.77. The Labute approximate surface area is 121 Å². The largest absolute Gasteiger partial charge is 0.496 e. The molecule has 1 unspecified atom stereocenters. The monoisotopic (exact) mass is 297 g/mol. The zero-order valence-electron chi connectivity index (χ0n) is 11.5. The lowest BCUT2D eigenvalue weighted by atomic mass is 10.0. The molecule has 20 heavy (non-hydrogen) atoms. The van der Waals surface area contributed by atoms with Gasteiger partial charge >= 0.3 is 0 Å². The third-order valence-electron chi connectivity index (χ3n) is 2.99. The molecule has 2 nitrogen and oxygen atoms in total. The minimum absolute atomic E-state index is 0.0232. The van der Waals surface area contributed by atoms with Gasteiger partial charge in [-0.05, 0) is 36.7 Å². The highest BCUT2D eigenvalue weighted by Crippen LogP contribution is 2.29. The van der Waals surface area contributed by atoms with Gasteiger partial charge in [0.1, 0.15) is 17.4 Å². The highest BCUT2D eigenvalue weighted by atomic mass is 32.1. The molecule has 0 saturated carbocycles. The predicted octanol–water partition coefficient (Wildman–Crippen LogP) is 3.93. The normalized spacial score (nSPS) is 12.4. The quantitative estimate of drug-likeness (QED) is 0.872. The summed E-state index contributed by atoms with van der Waals surface area (Å²) in [7, 11) is 1.62. The zero-order valence-corrected chi connectivity index (χ0v) is 12.3. The second kappa shape index (κ2) is 6.81. The molecule has 1 aromatic heterocycles. The summed E-state index contributed by atoms with van der Waals surface area (Å²) in [5, 5.41) is 5.26. The van der Waals surface area contributed by atoms with Crippen LogP contribution in [0.4, 0.5) is 8.78 Å². The molecule has 0 aliphatic rings. The van der Waals surface area contributed by atoms with Crippen molar-refractivity contribution in [1.29, 1.82) is 0 Å². The average Bonchev–Trinajstić information content (AvgIpc) is 2.85. The first kappa shape index (κ1) is 14.9. The van der Waals surface area contributed by atoms with Gasteiger partial charge in [0, 0.05) is 22.4 Å². The van der Waals surface area contributed by atoms with E-state index in [9.17, 15) is 8.78 Å². The molecule has 0 radical (unpaired) electrons. The molecule has 1 heterocycles. The van der Waals surface area contributed by atoms with Gasteiger partial charge in [0.25, 0.3) is 0 Å². The molecule has 2 aromatic rings. The molecule has 2 rings (SSSR count). The SMILES string of the molecule is CCNC(Cc1cc(F)cc(F)c1)c1cc(OC)cs1. The van der Waals surface area contributed by atoms with Crippen LogP contribution in [0.2, 0.25) is 0 Å². The standard InChI is InChI=1S/C15H17F2NOS/c1-3-18-14(15-8-13(19-2)9-20-15)6-10-4-11(16)7-12(17)5-10/h4-5,7-9,14,18H,3,6H2,1-2H3. The van der Waals surface area contributed by atoms with Crippen molar-refractivity contribution in [3.63, 3.8) is 0 Å². The summed E-state index contributed by atoms with van der Waals surface area (Å²) in [6.07, 6.45) is 0.534. The van der Waals surface area contributed by atoms with Crippen molar-refractivity contribution in [1.82, 2.24) is 5.32 Å². The molecular formula is C15H17F2NOS. The molecule has 108 valence electrons. The summed E-state index contributed by atoms with van der Waals surface area (Å²) in [5.41, 5.74) is 0.640. The van der Waals surface area contributed by atoms with E-state index < -0.39 is 11.6 Å². The molecule has 0 saturated heterocycles. The molecule has 1 N–H and O–H groups in total. The molecule has 0 aliphatic carbocycles. The van der Waals surface area contributed by atoms with Gasteiger partial charge in [-0.3, -0.25) is 0 Å². The van der Waals surface area contributed by atoms with Crippen LogP contribution >= 0.6 is 11.3 Å². The molecular weight excluding hydrogens is 280 g/mol. The maximum atomic E-state index is 13.2. The van der Waals surface area contributed by atoms with Crippen LogP contribution in [0.25, 0.3) is 0 Å². The number of halogens is 2. The smallest absolute Gasteiger partial charge is 0.129 e. The molecule has 1 aromatic carbocycles. The van der Waals surface area contributed by atoms with E-state index in [0.717, 1.165) is 23.2 Å². The van der Waals surface area contributed by atoms with Crippen molar-refractivity contribution in [2.24, 2.45) is 0 Å². The maximum Gasteiger partial charge on any atom is 0.129 e. The fourth-order valence-corrected chi connectivity index (χ4v) is 3.04. The van der Waals surface area contributed by atoms with E-state index in [1.165, 1.54) is 12.1 Å². The van der Waals surface area contributed by atoms with Gasteiger partial charge in [-0.15, -0.1) is 11.3 Å². The molecule has 0 aliphatic heterocycles. The highest BCUT2D eigenvalue weighted by Gasteiger charge is 2.15. The number of thiophene rings is 1. The lowest BCUT2D eigenvalue weighted by Gasteiger charge is -2.16. The molecule has 1 atom stereocenters. The second-order valence-electron chi connectivity index (χ2n) is 4.48. The van der Waals surface area contributed by atoms with Crippen LogP contribution in [0.5, 0.6) is 5.75 Å². The zero-order chi connectivity index (χ0) is 14.5. The van der Waals surface area contributed by atoms with E-state index in [2.05, 4.69) is 5.32 Å². The maximum absolute atomic E-state index is 13.2. The number of hydrogen-bond donors (Lipinski definition) is 1. The van der Waals surface area contributed by atoms with Gasteiger partial charge in [-0.2, -0.15) is 0 Å². The summed E-state index contributed by atoms with van der Waals surface area (Å²) in [6.45, 7) is 2.78. The fraction of sp³-hybridized carbons (Fsp3) is 0.333. The lowest BCUT2D eigenvalue weighted by molar-refractivity contribution is 0.415. The van der Waals surface area contributed by atoms with Crippen molar-refractivity contribution in [2.45, 2.75) is 19.4 Å². The Hall–Kier alpha value is -1.46. The Morgan fingerprint density at radius 2 is 1.90 bits per heavy atom. The Balaban J connectivity index is 2.20. The minimum atomic E-state index is -0.543. The summed E-state index contributed by atoms with van der Waals surface area (Å²) >= 11 is 1.57. The second-order valence-corrected chi connectivity index (χ2v) is 5.42. The molecule has 0 amide bonds. The molecule has 5 heteroatoms. The van der Waals surface area contributed by atoms with Crippen molar-refractivity contribution in [3.8, 4) is 5.75 Å². The number of likely N-dealkylation sites (N-methyl/N-ethyl adjacent to an activating group) is 1. The molecule has 0 spiro atoms. The van der Waals surface area contributed by atoms with Gasteiger partial charge in [-0.25, -0.2) is 8.78 Å². The van der Waals surface area contributed by atoms with E-state index in [-0.39, 0.29) is 6.04 Å². The van der Waals surface area contributed by atoms with Crippen LogP contribution in [-0.4, -0.2) is 13.7 Å². The van der Waals surface area contributed by atoms with Crippen LogP contribution in [0.3, 0.4) is 0 Å². The van der Waals surface area contributed by atoms with E-state index in [0.29, 0.717) is 12.0 Å². The molecule has 0 fully saturated rings.